The van der Waals surface area contributed by atoms with E-state index in [0.29, 0.717) is 6.42 Å². The molecule has 1 saturated heterocycles. The van der Waals surface area contributed by atoms with Gasteiger partial charge in [-0.1, -0.05) is 26.2 Å². The van der Waals surface area contributed by atoms with Gasteiger partial charge in [-0.15, -0.1) is 0 Å². The van der Waals surface area contributed by atoms with Gasteiger partial charge in [-0.25, -0.2) is 4.79 Å². The zero-order valence-corrected chi connectivity index (χ0v) is 14.7. The minimum absolute atomic E-state index is 0.103. The van der Waals surface area contributed by atoms with Gasteiger partial charge in [0, 0.05) is 11.8 Å². The van der Waals surface area contributed by atoms with Gasteiger partial charge in [-0.3, -0.25) is 4.90 Å². The molecule has 124 valence electrons. The van der Waals surface area contributed by atoms with Gasteiger partial charge < -0.3 is 9.84 Å². The average molecular weight is 317 g/mol. The number of hydrogen-bond acceptors (Lipinski definition) is 4. The predicted molar refractivity (Wildman–Crippen MR) is 88.6 cm³/mol. The smallest absolute Gasteiger partial charge is 0.412 e. The maximum Gasteiger partial charge on any atom is 0.412 e. The molecular formula is C16H31NO3S. The number of aliphatic hydroxyl groups excluding tert-OH is 1. The molecule has 21 heavy (non-hydrogen) atoms. The van der Waals surface area contributed by atoms with Gasteiger partial charge >= 0.3 is 6.09 Å². The fraction of sp³-hybridized carbons (Fsp3) is 0.938. The Morgan fingerprint density at radius 1 is 1.29 bits per heavy atom. The summed E-state index contributed by atoms with van der Waals surface area (Å²) in [5, 5.41) is 10.0. The molecule has 1 heterocycles. The van der Waals surface area contributed by atoms with Crippen LogP contribution in [-0.4, -0.2) is 45.5 Å². The summed E-state index contributed by atoms with van der Waals surface area (Å²) in [6.07, 6.45) is 5.52. The number of likely N-dealkylation sites (tertiary alicyclic amines) is 1. The summed E-state index contributed by atoms with van der Waals surface area (Å²) >= 11 is 1.88. The maximum absolute atomic E-state index is 12.2. The van der Waals surface area contributed by atoms with Gasteiger partial charge in [-0.05, 0) is 45.8 Å². The molecule has 1 fully saturated rings. The van der Waals surface area contributed by atoms with Crippen molar-refractivity contribution in [2.24, 2.45) is 0 Å². The number of rotatable bonds is 7. The molecule has 0 aromatic carbocycles. The van der Waals surface area contributed by atoms with Crippen molar-refractivity contribution in [1.82, 2.24) is 4.90 Å². The molecule has 1 N–H and O–H groups in total. The first-order valence-electron chi connectivity index (χ1n) is 8.12. The van der Waals surface area contributed by atoms with Crippen LogP contribution in [0.25, 0.3) is 0 Å². The molecule has 1 aliphatic heterocycles. The second kappa shape index (κ2) is 8.89. The van der Waals surface area contributed by atoms with E-state index in [-0.39, 0.29) is 12.1 Å². The van der Waals surface area contributed by atoms with Crippen molar-refractivity contribution < 1.29 is 14.6 Å². The van der Waals surface area contributed by atoms with Crippen molar-refractivity contribution in [3.05, 3.63) is 0 Å². The average Bonchev–Trinajstić information content (AvgIpc) is 2.73. The van der Waals surface area contributed by atoms with E-state index < -0.39 is 11.8 Å². The fourth-order valence-corrected chi connectivity index (χ4v) is 3.64. The van der Waals surface area contributed by atoms with Crippen LogP contribution in [0.3, 0.4) is 0 Å². The van der Waals surface area contributed by atoms with Crippen LogP contribution in [-0.2, 0) is 4.74 Å². The first kappa shape index (κ1) is 18.6. The fourth-order valence-electron chi connectivity index (χ4n) is 2.46. The van der Waals surface area contributed by atoms with Gasteiger partial charge in [-0.2, -0.15) is 11.8 Å². The highest BCUT2D eigenvalue weighted by Gasteiger charge is 2.38. The largest absolute Gasteiger partial charge is 0.444 e. The molecule has 2 unspecified atom stereocenters. The SMILES string of the molecule is CCCCCCSCC1CCC(O)N1C(=O)OC(C)(C)C. The van der Waals surface area contributed by atoms with Crippen LogP contribution < -0.4 is 0 Å². The van der Waals surface area contributed by atoms with E-state index in [4.69, 9.17) is 4.74 Å². The highest BCUT2D eigenvalue weighted by molar-refractivity contribution is 7.99. The minimum Gasteiger partial charge on any atom is -0.444 e. The Morgan fingerprint density at radius 3 is 2.62 bits per heavy atom. The lowest BCUT2D eigenvalue weighted by atomic mass is 10.2. The zero-order chi connectivity index (χ0) is 15.9. The highest BCUT2D eigenvalue weighted by atomic mass is 32.2. The molecule has 1 amide bonds. The Hall–Kier alpha value is -0.420. The molecule has 0 spiro atoms. The molecular weight excluding hydrogens is 286 g/mol. The van der Waals surface area contributed by atoms with Crippen molar-refractivity contribution in [3.63, 3.8) is 0 Å². The predicted octanol–water partition coefficient (Wildman–Crippen LogP) is 4.02. The molecule has 2 atom stereocenters. The molecule has 1 rings (SSSR count). The Bertz CT molecular complexity index is 317. The van der Waals surface area contributed by atoms with Gasteiger partial charge in [0.2, 0.25) is 0 Å². The van der Waals surface area contributed by atoms with E-state index in [1.807, 2.05) is 32.5 Å². The van der Waals surface area contributed by atoms with E-state index in [9.17, 15) is 9.90 Å². The third-order valence-electron chi connectivity index (χ3n) is 3.53. The van der Waals surface area contributed by atoms with E-state index in [1.165, 1.54) is 30.6 Å². The zero-order valence-electron chi connectivity index (χ0n) is 13.9. The van der Waals surface area contributed by atoms with E-state index in [1.54, 1.807) is 0 Å². The number of ether oxygens (including phenoxy) is 1. The summed E-state index contributed by atoms with van der Waals surface area (Å²) in [6.45, 7) is 7.77. The van der Waals surface area contributed by atoms with Crippen LogP contribution in [0.1, 0.15) is 66.2 Å². The molecule has 0 saturated carbocycles. The van der Waals surface area contributed by atoms with Gasteiger partial charge in [0.25, 0.3) is 0 Å². The summed E-state index contributed by atoms with van der Waals surface area (Å²) in [7, 11) is 0. The Balaban J connectivity index is 2.37. The normalized spacial score (nSPS) is 22.6. The molecule has 0 aliphatic carbocycles. The number of nitrogens with zero attached hydrogens (tertiary/aromatic N) is 1. The van der Waals surface area contributed by atoms with Crippen LogP contribution >= 0.6 is 11.8 Å². The maximum atomic E-state index is 12.2. The Labute approximate surface area is 133 Å². The summed E-state index contributed by atoms with van der Waals surface area (Å²) in [6, 6.07) is 0.103. The number of unbranched alkanes of at least 4 members (excludes halogenated alkanes) is 3. The van der Waals surface area contributed by atoms with Gasteiger partial charge in [0.05, 0.1) is 0 Å². The van der Waals surface area contributed by atoms with E-state index >= 15 is 0 Å². The topological polar surface area (TPSA) is 49.8 Å². The second-order valence-electron chi connectivity index (χ2n) is 6.73. The number of aliphatic hydroxyl groups is 1. The molecule has 0 aromatic heterocycles. The summed E-state index contributed by atoms with van der Waals surface area (Å²) < 4.78 is 5.40. The summed E-state index contributed by atoms with van der Waals surface area (Å²) in [5.74, 6) is 2.02. The number of hydrogen-bond donors (Lipinski definition) is 1. The lowest BCUT2D eigenvalue weighted by Crippen LogP contribution is -2.45. The van der Waals surface area contributed by atoms with Crippen LogP contribution in [0.2, 0.25) is 0 Å². The van der Waals surface area contributed by atoms with E-state index in [0.717, 1.165) is 17.9 Å². The number of amides is 1. The van der Waals surface area contributed by atoms with E-state index in [2.05, 4.69) is 6.92 Å². The second-order valence-corrected chi connectivity index (χ2v) is 7.88. The van der Waals surface area contributed by atoms with Crippen LogP contribution in [0, 0.1) is 0 Å². The standard InChI is InChI=1S/C16H31NO3S/c1-5-6-7-8-11-21-12-13-9-10-14(18)17(13)15(19)20-16(2,3)4/h13-14,18H,5-12H2,1-4H3. The highest BCUT2D eigenvalue weighted by Crippen LogP contribution is 2.27. The lowest BCUT2D eigenvalue weighted by Gasteiger charge is -2.30. The Kier molecular flexibility index (Phi) is 7.88. The summed E-state index contributed by atoms with van der Waals surface area (Å²) in [4.78, 5) is 13.7. The lowest BCUT2D eigenvalue weighted by molar-refractivity contribution is -0.0217. The quantitative estimate of drug-likeness (QED) is 0.721. The van der Waals surface area contributed by atoms with Gasteiger partial charge in [0.15, 0.2) is 0 Å². The summed E-state index contributed by atoms with van der Waals surface area (Å²) in [5.41, 5.74) is -0.517. The third kappa shape index (κ3) is 6.92. The van der Waals surface area contributed by atoms with Crippen molar-refractivity contribution in [2.75, 3.05) is 11.5 Å². The molecule has 5 heteroatoms. The molecule has 0 bridgehead atoms. The number of carbonyl (C=O) groups excluding carboxylic acids is 1. The van der Waals surface area contributed by atoms with Crippen molar-refractivity contribution in [3.8, 4) is 0 Å². The minimum atomic E-state index is -0.689. The van der Waals surface area contributed by atoms with Crippen LogP contribution in [0.4, 0.5) is 4.79 Å². The molecule has 4 nitrogen and oxygen atoms in total. The monoisotopic (exact) mass is 317 g/mol. The Morgan fingerprint density at radius 2 is 2.00 bits per heavy atom. The molecule has 0 radical (unpaired) electrons. The molecule has 1 aliphatic rings. The van der Waals surface area contributed by atoms with Gasteiger partial charge in [0.1, 0.15) is 11.8 Å². The van der Waals surface area contributed by atoms with Crippen LogP contribution in [0.15, 0.2) is 0 Å². The first-order chi connectivity index (χ1) is 9.85. The number of thioether (sulfide) groups is 1. The molecule has 0 aromatic rings. The van der Waals surface area contributed by atoms with Crippen molar-refractivity contribution in [2.45, 2.75) is 84.1 Å². The van der Waals surface area contributed by atoms with Crippen LogP contribution in [0.5, 0.6) is 0 Å². The van der Waals surface area contributed by atoms with Crippen molar-refractivity contribution in [1.29, 1.82) is 0 Å². The third-order valence-corrected chi connectivity index (χ3v) is 4.73. The number of carbonyl (C=O) groups is 1. The first-order valence-corrected chi connectivity index (χ1v) is 9.27. The van der Waals surface area contributed by atoms with Crippen molar-refractivity contribution >= 4 is 17.9 Å².